The summed E-state index contributed by atoms with van der Waals surface area (Å²) < 4.78 is 14.3. The van der Waals surface area contributed by atoms with Crippen molar-refractivity contribution in [3.8, 4) is 0 Å². The highest BCUT2D eigenvalue weighted by molar-refractivity contribution is 7.86. The monoisotopic (exact) mass is 410 g/mol. The van der Waals surface area contributed by atoms with E-state index in [0.717, 1.165) is 22.3 Å². The van der Waals surface area contributed by atoms with Gasteiger partial charge in [0, 0.05) is 10.8 Å². The molecule has 150 valence electrons. The molecule has 0 saturated heterocycles. The summed E-state index contributed by atoms with van der Waals surface area (Å²) >= 11 is 0. The summed E-state index contributed by atoms with van der Waals surface area (Å²) in [6.07, 6.45) is 0. The van der Waals surface area contributed by atoms with Crippen LogP contribution in [0, 0.1) is 13.8 Å². The van der Waals surface area contributed by atoms with Crippen molar-refractivity contribution in [3.05, 3.63) is 143 Å². The van der Waals surface area contributed by atoms with Gasteiger partial charge in [0.1, 0.15) is 0 Å². The molecule has 0 aliphatic heterocycles. The summed E-state index contributed by atoms with van der Waals surface area (Å²) in [5.74, 6) is 0. The lowest BCUT2D eigenvalue weighted by Gasteiger charge is -2.25. The van der Waals surface area contributed by atoms with Crippen LogP contribution in [0.2, 0.25) is 0 Å². The number of benzene rings is 4. The molecule has 0 fully saturated rings. The van der Waals surface area contributed by atoms with Crippen molar-refractivity contribution in [2.45, 2.75) is 24.3 Å². The van der Waals surface area contributed by atoms with Crippen molar-refractivity contribution in [1.82, 2.24) is 0 Å². The minimum Gasteiger partial charge on any atom is -0.258 e. The van der Waals surface area contributed by atoms with Crippen LogP contribution >= 0.6 is 0 Å². The zero-order chi connectivity index (χ0) is 20.9. The van der Waals surface area contributed by atoms with Gasteiger partial charge in [-0.15, -0.1) is 0 Å². The molecule has 0 radical (unpaired) electrons. The van der Waals surface area contributed by atoms with Gasteiger partial charge in [-0.2, -0.15) is 0 Å². The van der Waals surface area contributed by atoms with Gasteiger partial charge in [0.05, 0.1) is 10.5 Å². The van der Waals surface area contributed by atoms with Crippen molar-refractivity contribution >= 4 is 10.8 Å². The Morgan fingerprint density at radius 2 is 0.767 bits per heavy atom. The van der Waals surface area contributed by atoms with Gasteiger partial charge in [0.15, 0.2) is 0 Å². The van der Waals surface area contributed by atoms with Crippen LogP contribution in [0.3, 0.4) is 0 Å². The highest BCUT2D eigenvalue weighted by Gasteiger charge is 2.30. The summed E-state index contributed by atoms with van der Waals surface area (Å²) in [4.78, 5) is 0. The Balaban J connectivity index is 1.86. The van der Waals surface area contributed by atoms with E-state index < -0.39 is 10.8 Å². The van der Waals surface area contributed by atoms with E-state index in [9.17, 15) is 4.21 Å². The topological polar surface area (TPSA) is 17.1 Å². The Hall–Kier alpha value is -2.97. The van der Waals surface area contributed by atoms with Gasteiger partial charge in [-0.1, -0.05) is 120 Å². The molecule has 0 N–H and O–H groups in total. The molecule has 0 aliphatic carbocycles. The summed E-state index contributed by atoms with van der Waals surface area (Å²) in [6, 6.07) is 37.3. The van der Waals surface area contributed by atoms with E-state index in [1.54, 1.807) is 0 Å². The van der Waals surface area contributed by atoms with Crippen molar-refractivity contribution < 1.29 is 4.21 Å². The first kappa shape index (κ1) is 20.3. The molecule has 4 aromatic rings. The van der Waals surface area contributed by atoms with Crippen molar-refractivity contribution in [1.29, 1.82) is 0 Å². The van der Waals surface area contributed by atoms with E-state index in [4.69, 9.17) is 0 Å². The molecule has 4 aromatic carbocycles. The second-order valence-electron chi connectivity index (χ2n) is 7.73. The maximum absolute atomic E-state index is 14.3. The van der Waals surface area contributed by atoms with E-state index in [-0.39, 0.29) is 10.5 Å². The molecule has 0 bridgehead atoms. The molecule has 2 heteroatoms. The standard InChI is InChI=1S/C28H26OS/c1-21-13-17-25(18-14-21)27(23-9-5-3-6-10-23)30(29)28(24-11-7-4-8-12-24)26-19-15-22(2)16-20-26/h3-20,27-28H,1-2H3. The van der Waals surface area contributed by atoms with Crippen LogP contribution < -0.4 is 0 Å². The molecule has 4 rings (SSSR count). The first-order chi connectivity index (χ1) is 14.6. The molecule has 30 heavy (non-hydrogen) atoms. The molecule has 1 nitrogen and oxygen atoms in total. The predicted molar refractivity (Wildman–Crippen MR) is 127 cm³/mol. The maximum atomic E-state index is 14.3. The zero-order valence-electron chi connectivity index (χ0n) is 17.4. The third kappa shape index (κ3) is 4.44. The van der Waals surface area contributed by atoms with Crippen LogP contribution in [0.15, 0.2) is 109 Å². The fraction of sp³-hybridized carbons (Fsp3) is 0.143. The average molecular weight is 411 g/mol. The minimum absolute atomic E-state index is 0.210. The molecule has 0 aromatic heterocycles. The number of aryl methyl sites for hydroxylation is 2. The fourth-order valence-corrected chi connectivity index (χ4v) is 5.77. The quantitative estimate of drug-likeness (QED) is 0.337. The highest BCUT2D eigenvalue weighted by Crippen LogP contribution is 2.39. The van der Waals surface area contributed by atoms with Crippen LogP contribution in [-0.2, 0) is 10.8 Å². The second-order valence-corrected chi connectivity index (χ2v) is 9.33. The molecule has 0 amide bonds. The van der Waals surface area contributed by atoms with Crippen LogP contribution in [-0.4, -0.2) is 4.21 Å². The molecular weight excluding hydrogens is 384 g/mol. The van der Waals surface area contributed by atoms with E-state index in [1.165, 1.54) is 11.1 Å². The summed E-state index contributed by atoms with van der Waals surface area (Å²) in [5, 5.41) is -0.420. The Morgan fingerprint density at radius 3 is 1.10 bits per heavy atom. The fourth-order valence-electron chi connectivity index (χ4n) is 3.80. The highest BCUT2D eigenvalue weighted by atomic mass is 32.2. The summed E-state index contributed by atoms with van der Waals surface area (Å²) in [7, 11) is -1.21. The smallest absolute Gasteiger partial charge is 0.0856 e. The number of hydrogen-bond donors (Lipinski definition) is 0. The van der Waals surface area contributed by atoms with E-state index in [1.807, 2.05) is 36.4 Å². The first-order valence-corrected chi connectivity index (χ1v) is 11.5. The van der Waals surface area contributed by atoms with Gasteiger partial charge in [-0.05, 0) is 36.1 Å². The van der Waals surface area contributed by atoms with Crippen LogP contribution in [0.1, 0.15) is 43.9 Å². The van der Waals surface area contributed by atoms with Crippen molar-refractivity contribution in [3.63, 3.8) is 0 Å². The third-order valence-electron chi connectivity index (χ3n) is 5.43. The van der Waals surface area contributed by atoms with Gasteiger partial charge < -0.3 is 0 Å². The molecule has 0 aliphatic rings. The van der Waals surface area contributed by atoms with E-state index in [2.05, 4.69) is 86.6 Å². The molecule has 0 saturated carbocycles. The van der Waals surface area contributed by atoms with Gasteiger partial charge in [0.2, 0.25) is 0 Å². The van der Waals surface area contributed by atoms with E-state index >= 15 is 0 Å². The van der Waals surface area contributed by atoms with E-state index in [0.29, 0.717) is 0 Å². The first-order valence-electron chi connectivity index (χ1n) is 10.3. The summed E-state index contributed by atoms with van der Waals surface area (Å²) in [5.41, 5.74) is 6.72. The zero-order valence-corrected chi connectivity index (χ0v) is 18.2. The molecule has 2 atom stereocenters. The molecular formula is C28H26OS. The van der Waals surface area contributed by atoms with Gasteiger partial charge >= 0.3 is 0 Å². The van der Waals surface area contributed by atoms with Crippen LogP contribution in [0.4, 0.5) is 0 Å². The lowest BCUT2D eigenvalue weighted by molar-refractivity contribution is 0.673. The van der Waals surface area contributed by atoms with Crippen molar-refractivity contribution in [2.24, 2.45) is 0 Å². The van der Waals surface area contributed by atoms with Gasteiger partial charge in [-0.25, -0.2) is 0 Å². The third-order valence-corrected chi connectivity index (χ3v) is 7.45. The minimum atomic E-state index is -1.21. The summed E-state index contributed by atoms with van der Waals surface area (Å²) in [6.45, 7) is 4.16. The van der Waals surface area contributed by atoms with Crippen LogP contribution in [0.25, 0.3) is 0 Å². The molecule has 0 spiro atoms. The van der Waals surface area contributed by atoms with Crippen LogP contribution in [0.5, 0.6) is 0 Å². The van der Waals surface area contributed by atoms with Crippen molar-refractivity contribution in [2.75, 3.05) is 0 Å². The van der Waals surface area contributed by atoms with Gasteiger partial charge in [0.25, 0.3) is 0 Å². The lowest BCUT2D eigenvalue weighted by atomic mass is 10.0. The Bertz CT molecular complexity index is 1010. The normalized spacial score (nSPS) is 14.1. The molecule has 2 unspecified atom stereocenters. The second kappa shape index (κ2) is 9.23. The lowest BCUT2D eigenvalue weighted by Crippen LogP contribution is -2.17. The Labute approximate surface area is 181 Å². The predicted octanol–water partition coefficient (Wildman–Crippen LogP) is 6.93. The largest absolute Gasteiger partial charge is 0.258 e. The SMILES string of the molecule is Cc1ccc(C(c2ccccc2)S(=O)C(c2ccccc2)c2ccc(C)cc2)cc1. The number of rotatable bonds is 6. The number of hydrogen-bond acceptors (Lipinski definition) is 1. The maximum Gasteiger partial charge on any atom is 0.0856 e. The van der Waals surface area contributed by atoms with Gasteiger partial charge in [-0.3, -0.25) is 4.21 Å². The average Bonchev–Trinajstić information content (AvgIpc) is 2.78. The Morgan fingerprint density at radius 1 is 0.467 bits per heavy atom. The molecule has 0 heterocycles. The Kier molecular flexibility index (Phi) is 6.25.